The Labute approximate surface area is 113 Å². The topological polar surface area (TPSA) is 26.3 Å². The molecule has 0 atom stereocenters. The van der Waals surface area contributed by atoms with E-state index in [0.717, 1.165) is 25.7 Å². The van der Waals surface area contributed by atoms with Crippen LogP contribution in [0.4, 0.5) is 0 Å². The van der Waals surface area contributed by atoms with Crippen LogP contribution >= 0.6 is 0 Å². The zero-order chi connectivity index (χ0) is 14.6. The molecule has 0 aliphatic carbocycles. The van der Waals surface area contributed by atoms with Crippen LogP contribution in [0.15, 0.2) is 0 Å². The van der Waals surface area contributed by atoms with Crippen molar-refractivity contribution in [3.63, 3.8) is 0 Å². The molecule has 2 nitrogen and oxygen atoms in total. The Morgan fingerprint density at radius 2 is 1.28 bits per heavy atom. The quantitative estimate of drug-likeness (QED) is 0.602. The van der Waals surface area contributed by atoms with Crippen molar-refractivity contribution in [2.24, 2.45) is 10.8 Å². The molecule has 0 aromatic heterocycles. The van der Waals surface area contributed by atoms with Crippen molar-refractivity contribution in [1.29, 1.82) is 0 Å². The Kier molecular flexibility index (Phi) is 5.90. The minimum Gasteiger partial charge on any atom is -0.458 e. The maximum absolute atomic E-state index is 12.4. The van der Waals surface area contributed by atoms with Crippen molar-refractivity contribution in [2.45, 2.75) is 86.7 Å². The van der Waals surface area contributed by atoms with Crippen LogP contribution in [0.3, 0.4) is 0 Å². The molecule has 0 N–H and O–H groups in total. The zero-order valence-electron chi connectivity index (χ0n) is 13.6. The fraction of sp³-hybridized carbons (Fsp3) is 0.938. The standard InChI is InChI=1S/C16H32O2/c1-9-14(5,6)13(17)18-16(11-3,12-4)15(7,8)10-2/h9-12H2,1-8H3. The molecule has 0 bridgehead atoms. The first-order valence-corrected chi connectivity index (χ1v) is 7.36. The molecule has 0 spiro atoms. The Bertz CT molecular complexity index is 273. The number of ether oxygens (including phenoxy) is 1. The van der Waals surface area contributed by atoms with Gasteiger partial charge in [-0.3, -0.25) is 4.79 Å². The fourth-order valence-electron chi connectivity index (χ4n) is 2.27. The van der Waals surface area contributed by atoms with E-state index in [1.165, 1.54) is 0 Å². The van der Waals surface area contributed by atoms with Crippen LogP contribution in [0.5, 0.6) is 0 Å². The van der Waals surface area contributed by atoms with Crippen molar-refractivity contribution in [1.82, 2.24) is 0 Å². The number of hydrogen-bond donors (Lipinski definition) is 0. The molecule has 0 saturated heterocycles. The molecule has 0 amide bonds. The third-order valence-corrected chi connectivity index (χ3v) is 4.98. The largest absolute Gasteiger partial charge is 0.458 e. The molecule has 0 radical (unpaired) electrons. The number of rotatable bonds is 7. The van der Waals surface area contributed by atoms with Gasteiger partial charge in [0.05, 0.1) is 5.41 Å². The maximum Gasteiger partial charge on any atom is 0.312 e. The van der Waals surface area contributed by atoms with Crippen molar-refractivity contribution in [2.75, 3.05) is 0 Å². The summed E-state index contributed by atoms with van der Waals surface area (Å²) < 4.78 is 6.01. The summed E-state index contributed by atoms with van der Waals surface area (Å²) in [6, 6.07) is 0. The summed E-state index contributed by atoms with van der Waals surface area (Å²) in [4.78, 5) is 12.4. The lowest BCUT2D eigenvalue weighted by Gasteiger charge is -2.46. The summed E-state index contributed by atoms with van der Waals surface area (Å²) in [6.07, 6.45) is 3.56. The highest BCUT2D eigenvalue weighted by atomic mass is 16.6. The second-order valence-corrected chi connectivity index (χ2v) is 6.57. The highest BCUT2D eigenvalue weighted by Gasteiger charge is 2.46. The lowest BCUT2D eigenvalue weighted by atomic mass is 9.69. The van der Waals surface area contributed by atoms with E-state index >= 15 is 0 Å². The smallest absolute Gasteiger partial charge is 0.312 e. The predicted molar refractivity (Wildman–Crippen MR) is 77.5 cm³/mol. The van der Waals surface area contributed by atoms with Gasteiger partial charge in [-0.15, -0.1) is 0 Å². The minimum absolute atomic E-state index is 0.00990. The van der Waals surface area contributed by atoms with Gasteiger partial charge in [0.15, 0.2) is 0 Å². The minimum atomic E-state index is -0.389. The molecule has 0 aliphatic rings. The summed E-state index contributed by atoms with van der Waals surface area (Å²) in [7, 11) is 0. The highest BCUT2D eigenvalue weighted by molar-refractivity contribution is 5.76. The average Bonchev–Trinajstić information content (AvgIpc) is 2.35. The van der Waals surface area contributed by atoms with Gasteiger partial charge >= 0.3 is 5.97 Å². The van der Waals surface area contributed by atoms with Crippen LogP contribution in [0.25, 0.3) is 0 Å². The van der Waals surface area contributed by atoms with Crippen molar-refractivity contribution < 1.29 is 9.53 Å². The Hall–Kier alpha value is -0.530. The van der Waals surface area contributed by atoms with E-state index in [1.54, 1.807) is 0 Å². The van der Waals surface area contributed by atoms with Gasteiger partial charge in [0.1, 0.15) is 5.60 Å². The first-order valence-electron chi connectivity index (χ1n) is 7.36. The average molecular weight is 256 g/mol. The van der Waals surface area contributed by atoms with Crippen LogP contribution in [-0.4, -0.2) is 11.6 Å². The molecular weight excluding hydrogens is 224 g/mol. The van der Waals surface area contributed by atoms with Crippen LogP contribution in [-0.2, 0) is 9.53 Å². The van der Waals surface area contributed by atoms with Gasteiger partial charge in [-0.05, 0) is 39.5 Å². The molecule has 0 aromatic rings. The summed E-state index contributed by atoms with van der Waals surface area (Å²) in [6.45, 7) is 16.8. The van der Waals surface area contributed by atoms with Crippen LogP contribution in [0.2, 0.25) is 0 Å². The van der Waals surface area contributed by atoms with E-state index in [2.05, 4.69) is 34.6 Å². The van der Waals surface area contributed by atoms with Gasteiger partial charge < -0.3 is 4.74 Å². The lowest BCUT2D eigenvalue weighted by Crippen LogP contribution is -2.49. The summed E-state index contributed by atoms with van der Waals surface area (Å²) in [5, 5.41) is 0. The number of esters is 1. The Balaban J connectivity index is 5.23. The first-order chi connectivity index (χ1) is 8.12. The van der Waals surface area contributed by atoms with Crippen LogP contribution in [0, 0.1) is 10.8 Å². The molecule has 0 unspecified atom stereocenters. The van der Waals surface area contributed by atoms with Gasteiger partial charge in [-0.25, -0.2) is 0 Å². The van der Waals surface area contributed by atoms with Gasteiger partial charge in [0.2, 0.25) is 0 Å². The van der Waals surface area contributed by atoms with Gasteiger partial charge in [-0.2, -0.15) is 0 Å². The highest BCUT2D eigenvalue weighted by Crippen LogP contribution is 2.43. The molecule has 108 valence electrons. The predicted octanol–water partition coefficient (Wildman–Crippen LogP) is 4.96. The van der Waals surface area contributed by atoms with E-state index in [4.69, 9.17) is 4.74 Å². The molecule has 0 aromatic carbocycles. The van der Waals surface area contributed by atoms with Crippen molar-refractivity contribution in [3.05, 3.63) is 0 Å². The zero-order valence-corrected chi connectivity index (χ0v) is 13.6. The molecule has 0 saturated carbocycles. The van der Waals surface area contributed by atoms with E-state index in [0.29, 0.717) is 0 Å². The number of carbonyl (C=O) groups is 1. The molecular formula is C16H32O2. The summed E-state index contributed by atoms with van der Waals surface area (Å²) in [5.74, 6) is -0.0600. The Morgan fingerprint density at radius 3 is 1.56 bits per heavy atom. The molecule has 0 heterocycles. The van der Waals surface area contributed by atoms with E-state index < -0.39 is 0 Å². The first kappa shape index (κ1) is 17.5. The lowest BCUT2D eigenvalue weighted by molar-refractivity contribution is -0.187. The van der Waals surface area contributed by atoms with E-state index in [-0.39, 0.29) is 22.4 Å². The molecule has 2 heteroatoms. The van der Waals surface area contributed by atoms with Gasteiger partial charge in [-0.1, -0.05) is 41.5 Å². The molecule has 0 fully saturated rings. The van der Waals surface area contributed by atoms with Crippen molar-refractivity contribution >= 4 is 5.97 Å². The van der Waals surface area contributed by atoms with Crippen molar-refractivity contribution in [3.8, 4) is 0 Å². The van der Waals surface area contributed by atoms with Crippen LogP contribution in [0.1, 0.15) is 81.1 Å². The maximum atomic E-state index is 12.4. The van der Waals surface area contributed by atoms with E-state index in [9.17, 15) is 4.79 Å². The monoisotopic (exact) mass is 256 g/mol. The third kappa shape index (κ3) is 3.27. The molecule has 18 heavy (non-hydrogen) atoms. The second kappa shape index (κ2) is 6.08. The molecule has 0 aliphatic heterocycles. The summed E-state index contributed by atoms with van der Waals surface area (Å²) >= 11 is 0. The number of hydrogen-bond acceptors (Lipinski definition) is 2. The normalized spacial score (nSPS) is 13.6. The SMILES string of the molecule is CCC(C)(C)C(=O)OC(CC)(CC)C(C)(C)CC. The number of carbonyl (C=O) groups excluding carboxylic acids is 1. The molecule has 0 rings (SSSR count). The second-order valence-electron chi connectivity index (χ2n) is 6.57. The van der Waals surface area contributed by atoms with E-state index in [1.807, 2.05) is 20.8 Å². The van der Waals surface area contributed by atoms with Gasteiger partial charge in [0.25, 0.3) is 0 Å². The summed E-state index contributed by atoms with van der Waals surface area (Å²) in [5.41, 5.74) is -0.722. The van der Waals surface area contributed by atoms with Gasteiger partial charge in [0, 0.05) is 5.41 Å². The third-order valence-electron chi connectivity index (χ3n) is 4.98. The van der Waals surface area contributed by atoms with Crippen LogP contribution < -0.4 is 0 Å². The Morgan fingerprint density at radius 1 is 0.833 bits per heavy atom. The fourth-order valence-corrected chi connectivity index (χ4v) is 2.27.